The highest BCUT2D eigenvalue weighted by molar-refractivity contribution is 5.67. The first-order chi connectivity index (χ1) is 11.1. The second kappa shape index (κ2) is 7.54. The minimum atomic E-state index is 0.608. The van der Waals surface area contributed by atoms with Crippen LogP contribution < -0.4 is 11.1 Å². The quantitative estimate of drug-likeness (QED) is 0.819. The molecule has 1 aliphatic carbocycles. The molecule has 1 saturated carbocycles. The maximum atomic E-state index is 6.30. The number of rotatable bonds is 5. The number of hydrogen-bond donors (Lipinski definition) is 2. The molecule has 2 aliphatic rings. The third kappa shape index (κ3) is 4.39. The van der Waals surface area contributed by atoms with Crippen LogP contribution >= 0.6 is 0 Å². The second-order valence-electron chi connectivity index (χ2n) is 7.54. The zero-order chi connectivity index (χ0) is 16.2. The molecule has 128 valence electrons. The maximum Gasteiger partial charge on any atom is 0.0576 e. The summed E-state index contributed by atoms with van der Waals surface area (Å²) in [5, 5.41) is 3.65. The van der Waals surface area contributed by atoms with Crippen LogP contribution in [0.15, 0.2) is 18.2 Å². The van der Waals surface area contributed by atoms with Crippen molar-refractivity contribution < 1.29 is 0 Å². The lowest BCUT2D eigenvalue weighted by atomic mass is 9.95. The molecule has 3 rings (SSSR count). The molecule has 1 aromatic carbocycles. The third-order valence-corrected chi connectivity index (χ3v) is 5.46. The number of benzene rings is 1. The Morgan fingerprint density at radius 1 is 1.17 bits per heavy atom. The zero-order valence-corrected chi connectivity index (χ0v) is 14.7. The highest BCUT2D eigenvalue weighted by atomic mass is 15.2. The SMILES string of the molecule is CN(C)C1CCN(Cc2ccc(NC3CCCCC3)c(N)c2)C1. The molecule has 0 aromatic heterocycles. The summed E-state index contributed by atoms with van der Waals surface area (Å²) >= 11 is 0. The number of nitrogen functional groups attached to an aromatic ring is 1. The number of nitrogens with zero attached hydrogens (tertiary/aromatic N) is 2. The first-order valence-electron chi connectivity index (χ1n) is 9.15. The molecule has 1 aliphatic heterocycles. The van der Waals surface area contributed by atoms with Gasteiger partial charge in [-0.3, -0.25) is 4.90 Å². The topological polar surface area (TPSA) is 44.5 Å². The van der Waals surface area contributed by atoms with Crippen LogP contribution in [0.5, 0.6) is 0 Å². The molecule has 0 radical (unpaired) electrons. The Bertz CT molecular complexity index is 508. The van der Waals surface area contributed by atoms with E-state index in [0.717, 1.165) is 24.5 Å². The van der Waals surface area contributed by atoms with Gasteiger partial charge in [0.2, 0.25) is 0 Å². The number of hydrogen-bond acceptors (Lipinski definition) is 4. The Labute approximate surface area is 141 Å². The van der Waals surface area contributed by atoms with Crippen LogP contribution in [0.25, 0.3) is 0 Å². The van der Waals surface area contributed by atoms with Crippen molar-refractivity contribution in [2.24, 2.45) is 0 Å². The lowest BCUT2D eigenvalue weighted by Gasteiger charge is -2.25. The van der Waals surface area contributed by atoms with Crippen molar-refractivity contribution in [1.82, 2.24) is 9.80 Å². The molecule has 3 N–H and O–H groups in total. The first kappa shape index (κ1) is 16.6. The van der Waals surface area contributed by atoms with Crippen molar-refractivity contribution in [2.75, 3.05) is 38.2 Å². The zero-order valence-electron chi connectivity index (χ0n) is 14.7. The molecular weight excluding hydrogens is 284 g/mol. The average Bonchev–Trinajstić information content (AvgIpc) is 3.00. The Balaban J connectivity index is 1.56. The van der Waals surface area contributed by atoms with Gasteiger partial charge >= 0.3 is 0 Å². The molecule has 1 atom stereocenters. The number of likely N-dealkylation sites (tertiary alicyclic amines) is 1. The van der Waals surface area contributed by atoms with Gasteiger partial charge in [-0.15, -0.1) is 0 Å². The summed E-state index contributed by atoms with van der Waals surface area (Å²) in [4.78, 5) is 4.87. The lowest BCUT2D eigenvalue weighted by molar-refractivity contribution is 0.265. The number of nitrogens with one attached hydrogen (secondary N) is 1. The van der Waals surface area contributed by atoms with Crippen LogP contribution in [0.3, 0.4) is 0 Å². The van der Waals surface area contributed by atoms with Crippen molar-refractivity contribution in [3.63, 3.8) is 0 Å². The van der Waals surface area contributed by atoms with E-state index in [-0.39, 0.29) is 0 Å². The van der Waals surface area contributed by atoms with Gasteiger partial charge in [-0.1, -0.05) is 25.3 Å². The molecule has 4 nitrogen and oxygen atoms in total. The number of likely N-dealkylation sites (N-methyl/N-ethyl adjacent to an activating group) is 1. The molecule has 4 heteroatoms. The fourth-order valence-electron chi connectivity index (χ4n) is 3.94. The summed E-state index contributed by atoms with van der Waals surface area (Å²) in [5.74, 6) is 0. The van der Waals surface area contributed by atoms with Crippen LogP contribution in [0, 0.1) is 0 Å². The van der Waals surface area contributed by atoms with Crippen LogP contribution in [0.4, 0.5) is 11.4 Å². The molecule has 1 heterocycles. The van der Waals surface area contributed by atoms with Gasteiger partial charge in [0.15, 0.2) is 0 Å². The molecule has 1 aromatic rings. The summed E-state index contributed by atoms with van der Waals surface area (Å²) < 4.78 is 0. The van der Waals surface area contributed by atoms with Crippen LogP contribution in [0.2, 0.25) is 0 Å². The van der Waals surface area contributed by atoms with Crippen molar-refractivity contribution >= 4 is 11.4 Å². The van der Waals surface area contributed by atoms with E-state index in [9.17, 15) is 0 Å². The van der Waals surface area contributed by atoms with Gasteiger partial charge in [0.1, 0.15) is 0 Å². The summed E-state index contributed by atoms with van der Waals surface area (Å²) in [7, 11) is 4.36. The highest BCUT2D eigenvalue weighted by Crippen LogP contribution is 2.27. The molecule has 0 amide bonds. The highest BCUT2D eigenvalue weighted by Gasteiger charge is 2.23. The standard InChI is InChI=1S/C19H32N4/c1-22(2)17-10-11-23(14-17)13-15-8-9-19(18(20)12-15)21-16-6-4-3-5-7-16/h8-9,12,16-17,21H,3-7,10-11,13-14,20H2,1-2H3. The molecule has 23 heavy (non-hydrogen) atoms. The molecule has 1 saturated heterocycles. The van der Waals surface area contributed by atoms with Gasteiger partial charge in [-0.2, -0.15) is 0 Å². The molecule has 0 spiro atoms. The predicted octanol–water partition coefficient (Wildman–Crippen LogP) is 3.15. The van der Waals surface area contributed by atoms with Gasteiger partial charge in [-0.25, -0.2) is 0 Å². The summed E-state index contributed by atoms with van der Waals surface area (Å²) in [5.41, 5.74) is 9.65. The van der Waals surface area contributed by atoms with Crippen molar-refractivity contribution in [1.29, 1.82) is 0 Å². The van der Waals surface area contributed by atoms with Crippen molar-refractivity contribution in [3.8, 4) is 0 Å². The number of nitrogens with two attached hydrogens (primary N) is 1. The van der Waals surface area contributed by atoms with Gasteiger partial charge < -0.3 is 16.0 Å². The normalized spacial score (nSPS) is 23.5. The summed E-state index contributed by atoms with van der Waals surface area (Å²) in [6.07, 6.45) is 7.90. The average molecular weight is 316 g/mol. The van der Waals surface area contributed by atoms with Gasteiger partial charge in [0, 0.05) is 31.7 Å². The Morgan fingerprint density at radius 3 is 2.61 bits per heavy atom. The van der Waals surface area contributed by atoms with Crippen molar-refractivity contribution in [2.45, 2.75) is 57.2 Å². The molecular formula is C19H32N4. The van der Waals surface area contributed by atoms with E-state index in [1.165, 1.54) is 50.6 Å². The van der Waals surface area contributed by atoms with Crippen LogP contribution in [0.1, 0.15) is 44.1 Å². The monoisotopic (exact) mass is 316 g/mol. The minimum absolute atomic E-state index is 0.608. The second-order valence-corrected chi connectivity index (χ2v) is 7.54. The first-order valence-corrected chi connectivity index (χ1v) is 9.15. The maximum absolute atomic E-state index is 6.30. The number of anilines is 2. The lowest BCUT2D eigenvalue weighted by Crippen LogP contribution is -2.31. The molecule has 2 fully saturated rings. The van der Waals surface area contributed by atoms with Gasteiger partial charge in [-0.05, 0) is 51.1 Å². The van der Waals surface area contributed by atoms with Gasteiger partial charge in [0.25, 0.3) is 0 Å². The van der Waals surface area contributed by atoms with E-state index >= 15 is 0 Å². The molecule has 0 bridgehead atoms. The fourth-order valence-corrected chi connectivity index (χ4v) is 3.94. The molecule has 1 unspecified atom stereocenters. The Hall–Kier alpha value is -1.26. The van der Waals surface area contributed by atoms with Crippen molar-refractivity contribution in [3.05, 3.63) is 23.8 Å². The fraction of sp³-hybridized carbons (Fsp3) is 0.684. The summed E-state index contributed by atoms with van der Waals surface area (Å²) in [6.45, 7) is 3.36. The van der Waals surface area contributed by atoms with Crippen LogP contribution in [-0.2, 0) is 6.54 Å². The van der Waals surface area contributed by atoms with Crippen LogP contribution in [-0.4, -0.2) is 49.1 Å². The van der Waals surface area contributed by atoms with E-state index < -0.39 is 0 Å². The summed E-state index contributed by atoms with van der Waals surface area (Å²) in [6, 6.07) is 7.88. The Morgan fingerprint density at radius 2 is 1.96 bits per heavy atom. The van der Waals surface area contributed by atoms with E-state index in [4.69, 9.17) is 5.73 Å². The van der Waals surface area contributed by atoms with E-state index in [0.29, 0.717) is 12.1 Å². The largest absolute Gasteiger partial charge is 0.397 e. The van der Waals surface area contributed by atoms with E-state index in [1.807, 2.05) is 0 Å². The third-order valence-electron chi connectivity index (χ3n) is 5.46. The van der Waals surface area contributed by atoms with Gasteiger partial charge in [0.05, 0.1) is 11.4 Å². The van der Waals surface area contributed by atoms with E-state index in [1.54, 1.807) is 0 Å². The minimum Gasteiger partial charge on any atom is -0.397 e. The Kier molecular flexibility index (Phi) is 5.44. The predicted molar refractivity (Wildman–Crippen MR) is 98.7 cm³/mol. The smallest absolute Gasteiger partial charge is 0.0576 e. The van der Waals surface area contributed by atoms with E-state index in [2.05, 4.69) is 47.4 Å².